The van der Waals surface area contributed by atoms with Gasteiger partial charge in [0.1, 0.15) is 5.75 Å². The zero-order chi connectivity index (χ0) is 25.1. The SMILES string of the molecule is CCOC(=O)C1=C(C)N=c2sc(=Cc3ccccc3C(=O)O)c(=O)n2[C@@H]1c1ccc(OCC)cc1. The zero-order valence-electron chi connectivity index (χ0n) is 19.5. The first kappa shape index (κ1) is 24.2. The van der Waals surface area contributed by atoms with Crippen molar-refractivity contribution < 1.29 is 24.2 Å². The number of carboxylic acids is 1. The number of esters is 1. The van der Waals surface area contributed by atoms with Crippen LogP contribution in [0.25, 0.3) is 6.08 Å². The van der Waals surface area contributed by atoms with Gasteiger partial charge < -0.3 is 14.6 Å². The number of thiazole rings is 1. The molecule has 0 bridgehead atoms. The molecule has 0 unspecified atom stereocenters. The monoisotopic (exact) mass is 492 g/mol. The molecule has 2 aromatic carbocycles. The largest absolute Gasteiger partial charge is 0.494 e. The number of hydrogen-bond donors (Lipinski definition) is 1. The van der Waals surface area contributed by atoms with Gasteiger partial charge in [-0.1, -0.05) is 41.7 Å². The third kappa shape index (κ3) is 4.67. The minimum atomic E-state index is -1.09. The van der Waals surface area contributed by atoms with Gasteiger partial charge in [0, 0.05) is 0 Å². The van der Waals surface area contributed by atoms with E-state index in [2.05, 4.69) is 4.99 Å². The van der Waals surface area contributed by atoms with E-state index >= 15 is 0 Å². The van der Waals surface area contributed by atoms with E-state index < -0.39 is 18.0 Å². The van der Waals surface area contributed by atoms with E-state index in [0.717, 1.165) is 11.3 Å². The van der Waals surface area contributed by atoms with Crippen LogP contribution in [-0.4, -0.2) is 34.8 Å². The molecule has 0 saturated carbocycles. The molecule has 8 nitrogen and oxygen atoms in total. The second-order valence-electron chi connectivity index (χ2n) is 7.70. The van der Waals surface area contributed by atoms with Gasteiger partial charge in [0.25, 0.3) is 5.56 Å². The molecule has 0 fully saturated rings. The second kappa shape index (κ2) is 10.1. The van der Waals surface area contributed by atoms with Gasteiger partial charge in [0.05, 0.1) is 40.6 Å². The quantitative estimate of drug-likeness (QED) is 0.509. The molecule has 0 amide bonds. The highest BCUT2D eigenvalue weighted by atomic mass is 32.1. The van der Waals surface area contributed by atoms with Crippen molar-refractivity contribution >= 4 is 29.4 Å². The summed E-state index contributed by atoms with van der Waals surface area (Å²) in [4.78, 5) is 43.2. The van der Waals surface area contributed by atoms with Crippen LogP contribution in [-0.2, 0) is 9.53 Å². The van der Waals surface area contributed by atoms with E-state index in [4.69, 9.17) is 9.47 Å². The maximum Gasteiger partial charge on any atom is 0.338 e. The van der Waals surface area contributed by atoms with Gasteiger partial charge >= 0.3 is 11.9 Å². The molecule has 1 aliphatic heterocycles. The summed E-state index contributed by atoms with van der Waals surface area (Å²) in [6.07, 6.45) is 1.55. The molecule has 9 heteroatoms. The van der Waals surface area contributed by atoms with Gasteiger partial charge in [-0.05, 0) is 56.2 Å². The highest BCUT2D eigenvalue weighted by Crippen LogP contribution is 2.31. The Balaban J connectivity index is 1.94. The van der Waals surface area contributed by atoms with Crippen LogP contribution < -0.4 is 19.6 Å². The topological polar surface area (TPSA) is 107 Å². The molecule has 180 valence electrons. The van der Waals surface area contributed by atoms with E-state index in [9.17, 15) is 19.5 Å². The average molecular weight is 493 g/mol. The minimum Gasteiger partial charge on any atom is -0.494 e. The number of hydrogen-bond acceptors (Lipinski definition) is 7. The fraction of sp³-hybridized carbons (Fsp3) is 0.231. The number of carbonyl (C=O) groups excluding carboxylic acids is 1. The Bertz CT molecular complexity index is 1500. The third-order valence-electron chi connectivity index (χ3n) is 5.50. The van der Waals surface area contributed by atoms with Crippen molar-refractivity contribution in [2.45, 2.75) is 26.8 Å². The zero-order valence-corrected chi connectivity index (χ0v) is 20.3. The molecular weight excluding hydrogens is 468 g/mol. The molecule has 0 radical (unpaired) electrons. The summed E-state index contributed by atoms with van der Waals surface area (Å²) in [6, 6.07) is 12.9. The molecule has 0 spiro atoms. The Morgan fingerprint density at radius 2 is 1.83 bits per heavy atom. The molecule has 1 atom stereocenters. The highest BCUT2D eigenvalue weighted by Gasteiger charge is 2.33. The number of ether oxygens (including phenoxy) is 2. The number of carbonyl (C=O) groups is 2. The van der Waals surface area contributed by atoms with Crippen LogP contribution >= 0.6 is 11.3 Å². The summed E-state index contributed by atoms with van der Waals surface area (Å²) in [5.74, 6) is -0.956. The van der Waals surface area contributed by atoms with Crippen LogP contribution in [0.4, 0.5) is 0 Å². The lowest BCUT2D eigenvalue weighted by atomic mass is 9.96. The minimum absolute atomic E-state index is 0.0878. The van der Waals surface area contributed by atoms with E-state index in [1.807, 2.05) is 19.1 Å². The molecular formula is C26H24N2O6S. The number of allylic oxidation sites excluding steroid dienone is 1. The van der Waals surface area contributed by atoms with Crippen LogP contribution in [0.3, 0.4) is 0 Å². The van der Waals surface area contributed by atoms with E-state index in [1.54, 1.807) is 50.3 Å². The summed E-state index contributed by atoms with van der Waals surface area (Å²) in [5.41, 5.74) is 1.56. The van der Waals surface area contributed by atoms with Gasteiger partial charge in [0.2, 0.25) is 0 Å². The number of aromatic carboxylic acids is 1. The van der Waals surface area contributed by atoms with Crippen molar-refractivity contribution in [3.63, 3.8) is 0 Å². The predicted octanol–water partition coefficient (Wildman–Crippen LogP) is 2.90. The molecule has 2 heterocycles. The van der Waals surface area contributed by atoms with E-state index in [-0.39, 0.29) is 23.3 Å². The van der Waals surface area contributed by atoms with Crippen molar-refractivity contribution in [1.82, 2.24) is 4.57 Å². The number of rotatable bonds is 7. The Labute approximate surface area is 205 Å². The van der Waals surface area contributed by atoms with Gasteiger partial charge in [-0.3, -0.25) is 9.36 Å². The lowest BCUT2D eigenvalue weighted by Gasteiger charge is -2.24. The van der Waals surface area contributed by atoms with Crippen LogP contribution in [0, 0.1) is 0 Å². The van der Waals surface area contributed by atoms with Crippen LogP contribution in [0.5, 0.6) is 5.75 Å². The van der Waals surface area contributed by atoms with Crippen LogP contribution in [0.1, 0.15) is 48.3 Å². The first-order chi connectivity index (χ1) is 16.8. The summed E-state index contributed by atoms with van der Waals surface area (Å²) in [6.45, 7) is 6.01. The van der Waals surface area contributed by atoms with Gasteiger partial charge in [-0.15, -0.1) is 0 Å². The lowest BCUT2D eigenvalue weighted by Crippen LogP contribution is -2.39. The molecule has 3 aromatic rings. The van der Waals surface area contributed by atoms with Gasteiger partial charge in [0.15, 0.2) is 4.80 Å². The summed E-state index contributed by atoms with van der Waals surface area (Å²) >= 11 is 1.14. The summed E-state index contributed by atoms with van der Waals surface area (Å²) < 4.78 is 12.6. The van der Waals surface area contributed by atoms with Crippen LogP contribution in [0.2, 0.25) is 0 Å². The molecule has 4 rings (SSSR count). The first-order valence-electron chi connectivity index (χ1n) is 11.1. The number of fused-ring (bicyclic) bond motifs is 1. The molecule has 35 heavy (non-hydrogen) atoms. The van der Waals surface area contributed by atoms with Gasteiger partial charge in [-0.2, -0.15) is 0 Å². The molecule has 1 aliphatic rings. The Morgan fingerprint density at radius 3 is 2.49 bits per heavy atom. The Hall–Kier alpha value is -3.98. The maximum atomic E-state index is 13.6. The average Bonchev–Trinajstić information content (AvgIpc) is 3.13. The Kier molecular flexibility index (Phi) is 6.97. The summed E-state index contributed by atoms with van der Waals surface area (Å²) in [7, 11) is 0. The van der Waals surface area contributed by atoms with Crippen molar-refractivity contribution in [2.75, 3.05) is 13.2 Å². The Morgan fingerprint density at radius 1 is 1.11 bits per heavy atom. The summed E-state index contributed by atoms with van der Waals surface area (Å²) in [5, 5.41) is 9.52. The predicted molar refractivity (Wildman–Crippen MR) is 131 cm³/mol. The number of benzene rings is 2. The molecule has 0 saturated heterocycles. The number of carboxylic acid groups (broad SMARTS) is 1. The van der Waals surface area contributed by atoms with Crippen molar-refractivity contribution in [2.24, 2.45) is 4.99 Å². The van der Waals surface area contributed by atoms with E-state index in [1.165, 1.54) is 10.6 Å². The maximum absolute atomic E-state index is 13.6. The third-order valence-corrected chi connectivity index (χ3v) is 6.48. The van der Waals surface area contributed by atoms with E-state index in [0.29, 0.717) is 38.5 Å². The van der Waals surface area contributed by atoms with Gasteiger partial charge in [-0.25, -0.2) is 14.6 Å². The van der Waals surface area contributed by atoms with Crippen molar-refractivity contribution in [3.8, 4) is 5.75 Å². The van der Waals surface area contributed by atoms with Crippen molar-refractivity contribution in [1.29, 1.82) is 0 Å². The highest BCUT2D eigenvalue weighted by molar-refractivity contribution is 7.07. The van der Waals surface area contributed by atoms with Crippen molar-refractivity contribution in [3.05, 3.63) is 96.2 Å². The van der Waals surface area contributed by atoms with Crippen LogP contribution in [0.15, 0.2) is 69.6 Å². The smallest absolute Gasteiger partial charge is 0.338 e. The fourth-order valence-corrected chi connectivity index (χ4v) is 5.02. The molecule has 1 N–H and O–H groups in total. The molecule has 1 aromatic heterocycles. The molecule has 0 aliphatic carbocycles. The number of aromatic nitrogens is 1. The number of nitrogens with zero attached hydrogens (tertiary/aromatic N) is 2. The normalized spacial score (nSPS) is 15.4. The first-order valence-corrected chi connectivity index (χ1v) is 11.9. The second-order valence-corrected chi connectivity index (χ2v) is 8.71. The fourth-order valence-electron chi connectivity index (χ4n) is 3.98. The standard InChI is InChI=1S/C26H24N2O6S/c1-4-33-18-12-10-16(11-13-18)22-21(25(32)34-5-2)15(3)27-26-28(22)23(29)20(35-26)14-17-8-6-7-9-19(17)24(30)31/h6-14,22H,4-5H2,1-3H3,(H,30,31)/t22-/m1/s1. The lowest BCUT2D eigenvalue weighted by molar-refractivity contribution is -0.139.